The molecular formula is C18H25N3O. The monoisotopic (exact) mass is 299 g/mol. The Hall–Kier alpha value is -1.65. The van der Waals surface area contributed by atoms with Gasteiger partial charge in [-0.1, -0.05) is 18.2 Å². The number of imidazole rings is 1. The van der Waals surface area contributed by atoms with Crippen LogP contribution in [0.4, 0.5) is 0 Å². The van der Waals surface area contributed by atoms with Crippen LogP contribution in [0.2, 0.25) is 0 Å². The lowest BCUT2D eigenvalue weighted by atomic mass is 10.1. The zero-order valence-electron chi connectivity index (χ0n) is 13.3. The summed E-state index contributed by atoms with van der Waals surface area (Å²) in [5, 5.41) is 10.2. The van der Waals surface area contributed by atoms with Crippen molar-refractivity contribution in [3.63, 3.8) is 0 Å². The maximum atomic E-state index is 10.2. The van der Waals surface area contributed by atoms with Crippen LogP contribution in [0.3, 0.4) is 0 Å². The molecule has 4 nitrogen and oxygen atoms in total. The topological polar surface area (TPSA) is 41.3 Å². The predicted octanol–water partition coefficient (Wildman–Crippen LogP) is 3.04. The smallest absolute Gasteiger partial charge is 0.127 e. The van der Waals surface area contributed by atoms with E-state index in [2.05, 4.69) is 41.3 Å². The molecule has 1 aromatic carbocycles. The minimum Gasteiger partial charge on any atom is -0.392 e. The predicted molar refractivity (Wildman–Crippen MR) is 89.7 cm³/mol. The van der Waals surface area contributed by atoms with Gasteiger partial charge in [0.2, 0.25) is 0 Å². The number of allylic oxidation sites excluding steroid dienone is 1. The number of aliphatic hydroxyl groups is 1. The first-order valence-electron chi connectivity index (χ1n) is 8.15. The van der Waals surface area contributed by atoms with Gasteiger partial charge in [0.25, 0.3) is 0 Å². The van der Waals surface area contributed by atoms with Gasteiger partial charge in [-0.2, -0.15) is 0 Å². The minimum absolute atomic E-state index is 0.284. The van der Waals surface area contributed by atoms with Crippen molar-refractivity contribution in [3.05, 3.63) is 42.7 Å². The van der Waals surface area contributed by atoms with Gasteiger partial charge in [0.15, 0.2) is 0 Å². The van der Waals surface area contributed by atoms with Crippen LogP contribution in [-0.4, -0.2) is 38.8 Å². The van der Waals surface area contributed by atoms with Crippen LogP contribution in [0, 0.1) is 0 Å². The molecule has 22 heavy (non-hydrogen) atoms. The Labute approximate surface area is 132 Å². The van der Waals surface area contributed by atoms with E-state index in [-0.39, 0.29) is 6.10 Å². The Balaban J connectivity index is 1.79. The molecule has 4 heteroatoms. The first kappa shape index (κ1) is 15.3. The molecule has 2 aromatic rings. The quantitative estimate of drug-likeness (QED) is 0.834. The average Bonchev–Trinajstić information content (AvgIpc) is 3.10. The zero-order chi connectivity index (χ0) is 15.5. The van der Waals surface area contributed by atoms with Gasteiger partial charge in [-0.25, -0.2) is 4.98 Å². The highest BCUT2D eigenvalue weighted by atomic mass is 16.3. The molecule has 0 saturated carbocycles. The molecule has 2 unspecified atom stereocenters. The summed E-state index contributed by atoms with van der Waals surface area (Å²) < 4.78 is 2.20. The molecule has 0 amide bonds. The van der Waals surface area contributed by atoms with Gasteiger partial charge in [0.05, 0.1) is 23.2 Å². The van der Waals surface area contributed by atoms with Crippen LogP contribution in [0.25, 0.3) is 11.0 Å². The number of benzene rings is 1. The maximum absolute atomic E-state index is 10.2. The molecule has 118 valence electrons. The van der Waals surface area contributed by atoms with E-state index in [4.69, 9.17) is 4.98 Å². The van der Waals surface area contributed by atoms with E-state index in [9.17, 15) is 5.11 Å². The second-order valence-corrected chi connectivity index (χ2v) is 6.19. The zero-order valence-corrected chi connectivity index (χ0v) is 13.3. The van der Waals surface area contributed by atoms with Crippen LogP contribution in [0.15, 0.2) is 36.9 Å². The van der Waals surface area contributed by atoms with Crippen LogP contribution >= 0.6 is 0 Å². The number of aryl methyl sites for hydroxylation is 1. The minimum atomic E-state index is -0.284. The number of rotatable bonds is 6. The Bertz CT molecular complexity index is 649. The normalized spacial score (nSPS) is 20.5. The second-order valence-electron chi connectivity index (χ2n) is 6.19. The van der Waals surface area contributed by atoms with Gasteiger partial charge in [0.1, 0.15) is 5.82 Å². The van der Waals surface area contributed by atoms with Crippen molar-refractivity contribution in [2.45, 2.75) is 37.8 Å². The number of hydrogen-bond acceptors (Lipinski definition) is 3. The Morgan fingerprint density at radius 1 is 1.45 bits per heavy atom. The van der Waals surface area contributed by atoms with Crippen molar-refractivity contribution in [1.29, 1.82) is 0 Å². The number of fused-ring (bicyclic) bond motifs is 1. The molecule has 1 aromatic heterocycles. The molecule has 1 N–H and O–H groups in total. The number of aliphatic hydroxyl groups excluding tert-OH is 1. The summed E-state index contributed by atoms with van der Waals surface area (Å²) in [7, 11) is 2.09. The first-order chi connectivity index (χ1) is 10.7. The van der Waals surface area contributed by atoms with Crippen molar-refractivity contribution in [2.75, 3.05) is 13.1 Å². The van der Waals surface area contributed by atoms with Gasteiger partial charge >= 0.3 is 0 Å². The largest absolute Gasteiger partial charge is 0.392 e. The van der Waals surface area contributed by atoms with Crippen molar-refractivity contribution in [1.82, 2.24) is 14.5 Å². The highest BCUT2D eigenvalue weighted by Gasteiger charge is 2.30. The van der Waals surface area contributed by atoms with Crippen molar-refractivity contribution >= 4 is 11.0 Å². The van der Waals surface area contributed by atoms with E-state index in [1.165, 1.54) is 11.9 Å². The number of likely N-dealkylation sites (tertiary alicyclic amines) is 1. The fourth-order valence-corrected chi connectivity index (χ4v) is 3.47. The molecule has 0 bridgehead atoms. The maximum Gasteiger partial charge on any atom is 0.127 e. The van der Waals surface area contributed by atoms with E-state index >= 15 is 0 Å². The number of hydrogen-bond donors (Lipinski definition) is 1. The standard InChI is InChI=1S/C18H25N3O/c1-3-4-8-14(22)13-21-12-7-11-17(21)18-19-15-9-5-6-10-16(15)20(18)2/h3,5-6,9-10,14,17,22H,1,4,7-8,11-13H2,2H3. The third-order valence-electron chi connectivity index (χ3n) is 4.63. The van der Waals surface area contributed by atoms with Crippen molar-refractivity contribution in [2.24, 2.45) is 7.05 Å². The Morgan fingerprint density at radius 3 is 3.05 bits per heavy atom. The first-order valence-corrected chi connectivity index (χ1v) is 8.15. The molecule has 1 saturated heterocycles. The third kappa shape index (κ3) is 2.94. The number of aromatic nitrogens is 2. The average molecular weight is 299 g/mol. The molecular weight excluding hydrogens is 274 g/mol. The van der Waals surface area contributed by atoms with Crippen LogP contribution in [0.1, 0.15) is 37.5 Å². The van der Waals surface area contributed by atoms with Gasteiger partial charge in [-0.15, -0.1) is 6.58 Å². The molecule has 0 aliphatic carbocycles. The number of para-hydroxylation sites is 2. The summed E-state index contributed by atoms with van der Waals surface area (Å²) in [4.78, 5) is 7.22. The summed E-state index contributed by atoms with van der Waals surface area (Å²) in [5.74, 6) is 1.12. The summed E-state index contributed by atoms with van der Waals surface area (Å²) in [6, 6.07) is 8.58. The van der Waals surface area contributed by atoms with E-state index in [0.29, 0.717) is 6.04 Å². The molecule has 2 atom stereocenters. The Kier molecular flexibility index (Phi) is 4.60. The second kappa shape index (κ2) is 6.63. The SMILES string of the molecule is C=CCCC(O)CN1CCCC1c1nc2ccccc2n1C. The number of β-amino-alcohol motifs (C(OH)–C–C–N with tert-alkyl or cyclic N) is 1. The van der Waals surface area contributed by atoms with Crippen molar-refractivity contribution in [3.8, 4) is 0 Å². The molecule has 0 spiro atoms. The lowest BCUT2D eigenvalue weighted by molar-refractivity contribution is 0.0973. The molecule has 1 aliphatic rings. The van der Waals surface area contributed by atoms with Gasteiger partial charge < -0.3 is 9.67 Å². The summed E-state index contributed by atoms with van der Waals surface area (Å²) in [5.41, 5.74) is 2.23. The van der Waals surface area contributed by atoms with Crippen LogP contribution in [0.5, 0.6) is 0 Å². The summed E-state index contributed by atoms with van der Waals surface area (Å²) >= 11 is 0. The Morgan fingerprint density at radius 2 is 2.27 bits per heavy atom. The van der Waals surface area contributed by atoms with E-state index in [1.54, 1.807) is 0 Å². The van der Waals surface area contributed by atoms with E-state index in [1.807, 2.05) is 12.1 Å². The van der Waals surface area contributed by atoms with E-state index in [0.717, 1.165) is 43.7 Å². The highest BCUT2D eigenvalue weighted by Crippen LogP contribution is 2.33. The molecule has 1 aliphatic heterocycles. The lowest BCUT2D eigenvalue weighted by Crippen LogP contribution is -2.33. The van der Waals surface area contributed by atoms with E-state index < -0.39 is 0 Å². The summed E-state index contributed by atoms with van der Waals surface area (Å²) in [6.07, 6.45) is 5.53. The lowest BCUT2D eigenvalue weighted by Gasteiger charge is -2.26. The van der Waals surface area contributed by atoms with Gasteiger partial charge in [-0.3, -0.25) is 4.90 Å². The molecule has 3 rings (SSSR count). The fraction of sp³-hybridized carbons (Fsp3) is 0.500. The number of nitrogens with zero attached hydrogens (tertiary/aromatic N) is 3. The van der Waals surface area contributed by atoms with Crippen LogP contribution < -0.4 is 0 Å². The molecule has 0 radical (unpaired) electrons. The third-order valence-corrected chi connectivity index (χ3v) is 4.63. The van der Waals surface area contributed by atoms with Crippen molar-refractivity contribution < 1.29 is 5.11 Å². The van der Waals surface area contributed by atoms with Gasteiger partial charge in [-0.05, 0) is 44.4 Å². The molecule has 2 heterocycles. The highest BCUT2D eigenvalue weighted by molar-refractivity contribution is 5.75. The van der Waals surface area contributed by atoms with Gasteiger partial charge in [0, 0.05) is 13.6 Å². The fourth-order valence-electron chi connectivity index (χ4n) is 3.47. The summed E-state index contributed by atoms with van der Waals surface area (Å²) in [6.45, 7) is 5.49. The van der Waals surface area contributed by atoms with Crippen LogP contribution in [-0.2, 0) is 7.05 Å². The molecule has 1 fully saturated rings.